The predicted octanol–water partition coefficient (Wildman–Crippen LogP) is 3.51. The molecule has 0 aliphatic heterocycles. The minimum absolute atomic E-state index is 0.0520. The average Bonchev–Trinajstić information content (AvgIpc) is 2.59. The van der Waals surface area contributed by atoms with Crippen molar-refractivity contribution >= 4 is 17.5 Å². The molecule has 0 amide bonds. The SMILES string of the molecule is COc1ccc(C(=O)/C=C/c2ccccc2[N+](=O)[O-])cc1OC. The van der Waals surface area contributed by atoms with Crippen molar-refractivity contribution in [1.82, 2.24) is 0 Å². The zero-order chi connectivity index (χ0) is 16.8. The van der Waals surface area contributed by atoms with Gasteiger partial charge in [0.25, 0.3) is 5.69 Å². The molecule has 0 aliphatic carbocycles. The minimum atomic E-state index is -0.486. The van der Waals surface area contributed by atoms with Crippen LogP contribution in [0.3, 0.4) is 0 Å². The topological polar surface area (TPSA) is 78.7 Å². The Morgan fingerprint density at radius 1 is 1.09 bits per heavy atom. The number of nitro groups is 1. The quantitative estimate of drug-likeness (QED) is 0.353. The van der Waals surface area contributed by atoms with E-state index in [0.717, 1.165) is 0 Å². The highest BCUT2D eigenvalue weighted by Gasteiger charge is 2.11. The molecule has 0 spiro atoms. The number of rotatable bonds is 6. The molecule has 0 fully saturated rings. The zero-order valence-electron chi connectivity index (χ0n) is 12.7. The molecule has 0 bridgehead atoms. The third-order valence-electron chi connectivity index (χ3n) is 3.22. The highest BCUT2D eigenvalue weighted by molar-refractivity contribution is 6.07. The summed E-state index contributed by atoms with van der Waals surface area (Å²) in [5, 5.41) is 10.9. The van der Waals surface area contributed by atoms with Crippen molar-refractivity contribution in [1.29, 1.82) is 0 Å². The maximum atomic E-state index is 12.2. The van der Waals surface area contributed by atoms with Crippen LogP contribution in [-0.4, -0.2) is 24.9 Å². The van der Waals surface area contributed by atoms with Gasteiger partial charge in [0.1, 0.15) is 0 Å². The summed E-state index contributed by atoms with van der Waals surface area (Å²) in [7, 11) is 2.99. The summed E-state index contributed by atoms with van der Waals surface area (Å²) in [6, 6.07) is 11.0. The molecule has 6 nitrogen and oxygen atoms in total. The Labute approximate surface area is 133 Å². The number of carbonyl (C=O) groups is 1. The molecule has 0 saturated heterocycles. The average molecular weight is 313 g/mol. The molecule has 0 N–H and O–H groups in total. The number of allylic oxidation sites excluding steroid dienone is 1. The van der Waals surface area contributed by atoms with Crippen molar-refractivity contribution in [2.45, 2.75) is 0 Å². The Bertz CT molecular complexity index is 767. The fourth-order valence-electron chi connectivity index (χ4n) is 2.05. The van der Waals surface area contributed by atoms with Gasteiger partial charge in [-0.1, -0.05) is 12.1 Å². The lowest BCUT2D eigenvalue weighted by molar-refractivity contribution is -0.385. The van der Waals surface area contributed by atoms with E-state index in [2.05, 4.69) is 0 Å². The van der Waals surface area contributed by atoms with Gasteiger partial charge in [-0.25, -0.2) is 0 Å². The third-order valence-corrected chi connectivity index (χ3v) is 3.22. The minimum Gasteiger partial charge on any atom is -0.493 e. The van der Waals surface area contributed by atoms with E-state index < -0.39 is 4.92 Å². The number of methoxy groups -OCH3 is 2. The van der Waals surface area contributed by atoms with E-state index in [9.17, 15) is 14.9 Å². The van der Waals surface area contributed by atoms with Crippen molar-refractivity contribution in [2.75, 3.05) is 14.2 Å². The highest BCUT2D eigenvalue weighted by atomic mass is 16.6. The molecular formula is C17H15NO5. The number of ketones is 1. The van der Waals surface area contributed by atoms with Crippen LogP contribution < -0.4 is 9.47 Å². The monoisotopic (exact) mass is 313 g/mol. The molecule has 2 aromatic rings. The van der Waals surface area contributed by atoms with Crippen LogP contribution in [0.5, 0.6) is 11.5 Å². The van der Waals surface area contributed by atoms with Gasteiger partial charge >= 0.3 is 0 Å². The Morgan fingerprint density at radius 3 is 2.43 bits per heavy atom. The first-order valence-corrected chi connectivity index (χ1v) is 6.74. The first-order chi connectivity index (χ1) is 11.1. The number of hydrogen-bond donors (Lipinski definition) is 0. The second kappa shape index (κ2) is 7.22. The molecule has 0 heterocycles. The fourth-order valence-corrected chi connectivity index (χ4v) is 2.05. The van der Waals surface area contributed by atoms with Crippen LogP contribution in [0.4, 0.5) is 5.69 Å². The molecule has 0 saturated carbocycles. The number of hydrogen-bond acceptors (Lipinski definition) is 5. The number of benzene rings is 2. The number of carbonyl (C=O) groups excluding carboxylic acids is 1. The fraction of sp³-hybridized carbons (Fsp3) is 0.118. The molecule has 118 valence electrons. The van der Waals surface area contributed by atoms with Crippen molar-refractivity contribution in [2.24, 2.45) is 0 Å². The van der Waals surface area contributed by atoms with Crippen LogP contribution in [0.25, 0.3) is 6.08 Å². The van der Waals surface area contributed by atoms with Gasteiger partial charge in [0.05, 0.1) is 24.7 Å². The molecule has 0 unspecified atom stereocenters. The molecule has 0 aromatic heterocycles. The summed E-state index contributed by atoms with van der Waals surface area (Å²) >= 11 is 0. The predicted molar refractivity (Wildman–Crippen MR) is 86.0 cm³/mol. The maximum Gasteiger partial charge on any atom is 0.276 e. The van der Waals surface area contributed by atoms with Crippen molar-refractivity contribution in [3.63, 3.8) is 0 Å². The van der Waals surface area contributed by atoms with Crippen LogP contribution in [-0.2, 0) is 0 Å². The van der Waals surface area contributed by atoms with Crippen LogP contribution >= 0.6 is 0 Å². The summed E-state index contributed by atoms with van der Waals surface area (Å²) in [6.07, 6.45) is 2.72. The first kappa shape index (κ1) is 16.2. The zero-order valence-corrected chi connectivity index (χ0v) is 12.7. The second-order valence-corrected chi connectivity index (χ2v) is 4.58. The largest absolute Gasteiger partial charge is 0.493 e. The van der Waals surface area contributed by atoms with Gasteiger partial charge in [0.2, 0.25) is 0 Å². The van der Waals surface area contributed by atoms with E-state index in [0.29, 0.717) is 22.6 Å². The standard InChI is InChI=1S/C17H15NO5/c1-22-16-10-8-13(11-17(16)23-2)15(19)9-7-12-5-3-4-6-14(12)18(20)21/h3-11H,1-2H3/b9-7+. The lowest BCUT2D eigenvalue weighted by Gasteiger charge is -2.08. The van der Waals surface area contributed by atoms with Crippen molar-refractivity contribution in [3.8, 4) is 11.5 Å². The van der Waals surface area contributed by atoms with E-state index in [1.807, 2.05) is 0 Å². The Hall–Kier alpha value is -3.15. The molecule has 6 heteroatoms. The summed E-state index contributed by atoms with van der Waals surface area (Å²) in [5.41, 5.74) is 0.715. The number of nitro benzene ring substituents is 1. The van der Waals surface area contributed by atoms with Crippen LogP contribution in [0, 0.1) is 10.1 Å². The lowest BCUT2D eigenvalue weighted by Crippen LogP contribution is -1.97. The highest BCUT2D eigenvalue weighted by Crippen LogP contribution is 2.28. The lowest BCUT2D eigenvalue weighted by atomic mass is 10.1. The van der Waals surface area contributed by atoms with E-state index in [1.165, 1.54) is 32.4 Å². The Morgan fingerprint density at radius 2 is 1.78 bits per heavy atom. The second-order valence-electron chi connectivity index (χ2n) is 4.58. The maximum absolute atomic E-state index is 12.2. The molecule has 23 heavy (non-hydrogen) atoms. The van der Waals surface area contributed by atoms with Gasteiger partial charge in [0, 0.05) is 11.6 Å². The number of para-hydroxylation sites is 1. The summed E-state index contributed by atoms with van der Waals surface area (Å²) in [5.74, 6) is 0.674. The van der Waals surface area contributed by atoms with Crippen LogP contribution in [0.15, 0.2) is 48.5 Å². The van der Waals surface area contributed by atoms with E-state index in [-0.39, 0.29) is 11.5 Å². The van der Waals surface area contributed by atoms with Gasteiger partial charge in [0.15, 0.2) is 17.3 Å². The number of ether oxygens (including phenoxy) is 2. The summed E-state index contributed by atoms with van der Waals surface area (Å²) < 4.78 is 10.3. The van der Waals surface area contributed by atoms with Crippen LogP contribution in [0.2, 0.25) is 0 Å². The molecule has 0 aliphatic rings. The molecular weight excluding hydrogens is 298 g/mol. The summed E-state index contributed by atoms with van der Waals surface area (Å²) in [6.45, 7) is 0. The van der Waals surface area contributed by atoms with E-state index in [1.54, 1.807) is 36.4 Å². The van der Waals surface area contributed by atoms with Crippen molar-refractivity contribution in [3.05, 3.63) is 69.8 Å². The van der Waals surface area contributed by atoms with E-state index in [4.69, 9.17) is 9.47 Å². The smallest absolute Gasteiger partial charge is 0.276 e. The first-order valence-electron chi connectivity index (χ1n) is 6.74. The van der Waals surface area contributed by atoms with Gasteiger partial charge in [-0.15, -0.1) is 0 Å². The van der Waals surface area contributed by atoms with Gasteiger partial charge < -0.3 is 9.47 Å². The Kier molecular flexibility index (Phi) is 5.09. The molecule has 0 radical (unpaired) electrons. The number of nitrogens with zero attached hydrogens (tertiary/aromatic N) is 1. The van der Waals surface area contributed by atoms with Gasteiger partial charge in [-0.2, -0.15) is 0 Å². The normalized spacial score (nSPS) is 10.5. The third kappa shape index (κ3) is 3.74. The van der Waals surface area contributed by atoms with Gasteiger partial charge in [-0.05, 0) is 36.4 Å². The molecule has 2 aromatic carbocycles. The summed E-state index contributed by atoms with van der Waals surface area (Å²) in [4.78, 5) is 22.7. The van der Waals surface area contributed by atoms with Gasteiger partial charge in [-0.3, -0.25) is 14.9 Å². The molecule has 0 atom stereocenters. The Balaban J connectivity index is 2.27. The van der Waals surface area contributed by atoms with Crippen molar-refractivity contribution < 1.29 is 19.2 Å². The van der Waals surface area contributed by atoms with E-state index >= 15 is 0 Å². The van der Waals surface area contributed by atoms with Crippen LogP contribution in [0.1, 0.15) is 15.9 Å². The molecule has 2 rings (SSSR count).